The zero-order chi connectivity index (χ0) is 5.11. The van der Waals surface area contributed by atoms with Crippen LogP contribution in [0.1, 0.15) is 6.42 Å². The van der Waals surface area contributed by atoms with Crippen molar-refractivity contribution in [3.8, 4) is 0 Å². The van der Waals surface area contributed by atoms with Gasteiger partial charge in [0.2, 0.25) is 0 Å². The van der Waals surface area contributed by atoms with Crippen molar-refractivity contribution >= 4 is 23.8 Å². The fraction of sp³-hybridized carbons (Fsp3) is 1.00. The number of rotatable bonds is 1. The first kappa shape index (κ1) is 5.79. The van der Waals surface area contributed by atoms with E-state index in [-0.39, 0.29) is 0 Å². The SMILES string of the molecule is OSC1CCSC1. The van der Waals surface area contributed by atoms with Crippen LogP contribution in [0.25, 0.3) is 0 Å². The van der Waals surface area contributed by atoms with E-state index in [1.165, 1.54) is 12.2 Å². The van der Waals surface area contributed by atoms with Crippen LogP contribution in [0, 0.1) is 0 Å². The maximum atomic E-state index is 8.47. The lowest BCUT2D eigenvalue weighted by atomic mass is 10.4. The Morgan fingerprint density at radius 3 is 2.86 bits per heavy atom. The summed E-state index contributed by atoms with van der Waals surface area (Å²) in [5.41, 5.74) is 0. The zero-order valence-corrected chi connectivity index (χ0v) is 5.60. The van der Waals surface area contributed by atoms with Crippen molar-refractivity contribution in [2.75, 3.05) is 11.5 Å². The van der Waals surface area contributed by atoms with Crippen molar-refractivity contribution in [2.45, 2.75) is 11.7 Å². The Morgan fingerprint density at radius 2 is 2.57 bits per heavy atom. The lowest BCUT2D eigenvalue weighted by Crippen LogP contribution is -1.96. The average molecular weight is 136 g/mol. The van der Waals surface area contributed by atoms with Gasteiger partial charge >= 0.3 is 0 Å². The molecular formula is C4H8OS2. The summed E-state index contributed by atoms with van der Waals surface area (Å²) in [6.07, 6.45) is 1.19. The van der Waals surface area contributed by atoms with Crippen molar-refractivity contribution in [3.05, 3.63) is 0 Å². The molecule has 0 saturated carbocycles. The third kappa shape index (κ3) is 1.55. The van der Waals surface area contributed by atoms with Gasteiger partial charge in [-0.1, -0.05) is 0 Å². The first-order chi connectivity index (χ1) is 3.43. The van der Waals surface area contributed by atoms with E-state index < -0.39 is 0 Å². The fourth-order valence-corrected chi connectivity index (χ4v) is 2.55. The molecule has 1 nitrogen and oxygen atoms in total. The largest absolute Gasteiger partial charge is 0.330 e. The van der Waals surface area contributed by atoms with Crippen molar-refractivity contribution < 1.29 is 4.55 Å². The van der Waals surface area contributed by atoms with Gasteiger partial charge in [0, 0.05) is 11.0 Å². The van der Waals surface area contributed by atoms with Gasteiger partial charge in [-0.15, -0.1) is 0 Å². The minimum atomic E-state index is 0.532. The molecule has 1 fully saturated rings. The molecule has 0 spiro atoms. The Morgan fingerprint density at radius 1 is 1.71 bits per heavy atom. The molecule has 1 saturated heterocycles. The van der Waals surface area contributed by atoms with Gasteiger partial charge in [-0.2, -0.15) is 11.8 Å². The van der Waals surface area contributed by atoms with E-state index >= 15 is 0 Å². The van der Waals surface area contributed by atoms with Crippen molar-refractivity contribution in [1.82, 2.24) is 0 Å². The number of thioether (sulfide) groups is 1. The normalized spacial score (nSPS) is 31.3. The molecule has 7 heavy (non-hydrogen) atoms. The maximum Gasteiger partial charge on any atom is 0.0407 e. The van der Waals surface area contributed by atoms with E-state index in [0.29, 0.717) is 5.25 Å². The molecule has 0 aromatic carbocycles. The number of hydrogen-bond acceptors (Lipinski definition) is 3. The molecule has 0 amide bonds. The Bertz CT molecular complexity index is 51.7. The summed E-state index contributed by atoms with van der Waals surface area (Å²) in [6, 6.07) is 0. The van der Waals surface area contributed by atoms with Gasteiger partial charge in [-0.3, -0.25) is 0 Å². The first-order valence-corrected chi connectivity index (χ1v) is 4.30. The summed E-state index contributed by atoms with van der Waals surface area (Å²) in [7, 11) is 0. The molecule has 0 radical (unpaired) electrons. The van der Waals surface area contributed by atoms with E-state index in [9.17, 15) is 0 Å². The van der Waals surface area contributed by atoms with Crippen LogP contribution in [0.2, 0.25) is 0 Å². The van der Waals surface area contributed by atoms with E-state index in [1.54, 1.807) is 0 Å². The summed E-state index contributed by atoms with van der Waals surface area (Å²) < 4.78 is 8.47. The standard InChI is InChI=1S/C4H8OS2/c5-7-4-1-2-6-3-4/h4-5H,1-3H2. The van der Waals surface area contributed by atoms with Crippen molar-refractivity contribution in [1.29, 1.82) is 0 Å². The Balaban J connectivity index is 2.14. The molecule has 1 aliphatic heterocycles. The monoisotopic (exact) mass is 136 g/mol. The van der Waals surface area contributed by atoms with Gasteiger partial charge in [0.15, 0.2) is 0 Å². The minimum absolute atomic E-state index is 0.532. The quantitative estimate of drug-likeness (QED) is 0.554. The first-order valence-electron chi connectivity index (χ1n) is 2.31. The molecule has 0 aromatic heterocycles. The van der Waals surface area contributed by atoms with E-state index in [1.807, 2.05) is 11.8 Å². The molecule has 1 N–H and O–H groups in total. The highest BCUT2D eigenvalue weighted by atomic mass is 32.2. The summed E-state index contributed by atoms with van der Waals surface area (Å²) in [5, 5.41) is 0.532. The van der Waals surface area contributed by atoms with Crippen LogP contribution in [0.15, 0.2) is 0 Å². The highest BCUT2D eigenvalue weighted by Crippen LogP contribution is 2.25. The molecule has 0 bridgehead atoms. The van der Waals surface area contributed by atoms with Gasteiger partial charge in [0.1, 0.15) is 0 Å². The predicted octanol–water partition coefficient (Wildman–Crippen LogP) is 1.70. The summed E-state index contributed by atoms with van der Waals surface area (Å²) in [5.74, 6) is 2.37. The fourth-order valence-electron chi connectivity index (χ4n) is 0.596. The molecule has 0 aromatic rings. The topological polar surface area (TPSA) is 20.2 Å². The molecule has 3 heteroatoms. The van der Waals surface area contributed by atoms with Crippen LogP contribution >= 0.6 is 23.8 Å². The third-order valence-electron chi connectivity index (χ3n) is 1.04. The average Bonchev–Trinajstić information content (AvgIpc) is 2.14. The van der Waals surface area contributed by atoms with E-state index in [0.717, 1.165) is 17.8 Å². The van der Waals surface area contributed by atoms with E-state index in [4.69, 9.17) is 4.55 Å². The molecule has 1 heterocycles. The van der Waals surface area contributed by atoms with Gasteiger partial charge in [-0.05, 0) is 24.2 Å². The minimum Gasteiger partial charge on any atom is -0.330 e. The van der Waals surface area contributed by atoms with Gasteiger partial charge < -0.3 is 4.55 Å². The Labute approximate surface area is 52.1 Å². The molecule has 1 rings (SSSR count). The molecule has 0 aliphatic carbocycles. The summed E-state index contributed by atoms with van der Waals surface area (Å²) >= 11 is 2.94. The third-order valence-corrected chi connectivity index (χ3v) is 3.11. The van der Waals surface area contributed by atoms with Gasteiger partial charge in [0.25, 0.3) is 0 Å². The van der Waals surface area contributed by atoms with Gasteiger partial charge in [-0.25, -0.2) is 0 Å². The molecule has 1 unspecified atom stereocenters. The molecule has 42 valence electrons. The second kappa shape index (κ2) is 2.84. The highest BCUT2D eigenvalue weighted by molar-refractivity contribution is 8.02. The Hall–Kier alpha value is 0.660. The summed E-state index contributed by atoms with van der Waals surface area (Å²) in [6.45, 7) is 0. The second-order valence-electron chi connectivity index (χ2n) is 1.59. The molecule has 1 atom stereocenters. The van der Waals surface area contributed by atoms with Crippen LogP contribution in [0.5, 0.6) is 0 Å². The number of hydrogen-bond donors (Lipinski definition) is 1. The second-order valence-corrected chi connectivity index (χ2v) is 3.62. The lowest BCUT2D eigenvalue weighted by Gasteiger charge is -1.96. The molecule has 1 aliphatic rings. The maximum absolute atomic E-state index is 8.47. The lowest BCUT2D eigenvalue weighted by molar-refractivity contribution is 0.651. The van der Waals surface area contributed by atoms with Crippen molar-refractivity contribution in [3.63, 3.8) is 0 Å². The summed E-state index contributed by atoms with van der Waals surface area (Å²) in [4.78, 5) is 0. The Kier molecular flexibility index (Phi) is 2.35. The van der Waals surface area contributed by atoms with Crippen molar-refractivity contribution in [2.24, 2.45) is 0 Å². The molecular weight excluding hydrogens is 128 g/mol. The van der Waals surface area contributed by atoms with Gasteiger partial charge in [0.05, 0.1) is 0 Å². The smallest absolute Gasteiger partial charge is 0.0407 e. The van der Waals surface area contributed by atoms with Crippen LogP contribution in [0.4, 0.5) is 0 Å². The zero-order valence-electron chi connectivity index (χ0n) is 3.96. The van der Waals surface area contributed by atoms with Crippen LogP contribution in [-0.4, -0.2) is 21.3 Å². The van der Waals surface area contributed by atoms with Crippen LogP contribution in [-0.2, 0) is 0 Å². The predicted molar refractivity (Wildman–Crippen MR) is 35.9 cm³/mol. The van der Waals surface area contributed by atoms with Crippen LogP contribution in [0.3, 0.4) is 0 Å². The highest BCUT2D eigenvalue weighted by Gasteiger charge is 2.14. The van der Waals surface area contributed by atoms with E-state index in [2.05, 4.69) is 0 Å². The van der Waals surface area contributed by atoms with Crippen LogP contribution < -0.4 is 0 Å².